The predicted octanol–water partition coefficient (Wildman–Crippen LogP) is 7.90. The van der Waals surface area contributed by atoms with Crippen LogP contribution in [0.15, 0.2) is 95.7 Å². The van der Waals surface area contributed by atoms with E-state index >= 15 is 0 Å². The van der Waals surface area contributed by atoms with Gasteiger partial charge in [0.25, 0.3) is 21.6 Å². The number of nitro groups is 1. The predicted molar refractivity (Wildman–Crippen MR) is 259 cm³/mol. The molecule has 3 aromatic carbocycles. The second-order valence-corrected chi connectivity index (χ2v) is 24.0. The van der Waals surface area contributed by atoms with Crippen LogP contribution in [-0.2, 0) is 14.6 Å². The molecule has 0 radical (unpaired) electrons. The van der Waals surface area contributed by atoms with Crippen LogP contribution in [0.5, 0.6) is 11.5 Å². The number of hydrogen-bond acceptors (Lipinski definition) is 13. The summed E-state index contributed by atoms with van der Waals surface area (Å²) in [6, 6.07) is 19.7. The van der Waals surface area contributed by atoms with Crippen LogP contribution in [0.4, 0.5) is 17.1 Å². The van der Waals surface area contributed by atoms with Gasteiger partial charge in [-0.25, -0.2) is 18.1 Å². The number of aromatic amines is 1. The number of ether oxygens (including phenoxy) is 1. The zero-order chi connectivity index (χ0) is 46.8. The van der Waals surface area contributed by atoms with Crippen LogP contribution in [0, 0.1) is 15.5 Å². The third-order valence-electron chi connectivity index (χ3n) is 13.0. The Hall–Kier alpha value is -5.29. The third kappa shape index (κ3) is 11.1. The Balaban J connectivity index is 0.989. The number of aliphatic hydroxyl groups excluding tert-OH is 1. The van der Waals surface area contributed by atoms with E-state index in [4.69, 9.17) is 16.3 Å². The van der Waals surface area contributed by atoms with Gasteiger partial charge in [-0.1, -0.05) is 43.2 Å². The second kappa shape index (κ2) is 19.5. The maximum Gasteiger partial charge on any atom is 0.293 e. The lowest BCUT2D eigenvalue weighted by molar-refractivity contribution is -0.384. The van der Waals surface area contributed by atoms with Crippen molar-refractivity contribution in [2.45, 2.75) is 44.0 Å². The first kappa shape index (κ1) is 47.2. The monoisotopic (exact) mass is 958 g/mol. The Bertz CT molecular complexity index is 2800. The molecule has 19 heteroatoms. The first-order valence-corrected chi connectivity index (χ1v) is 26.5. The zero-order valence-electron chi connectivity index (χ0n) is 37.3. The molecular weight excluding hydrogens is 903 g/mol. The fourth-order valence-corrected chi connectivity index (χ4v) is 11.7. The lowest BCUT2D eigenvalue weighted by atomic mass is 9.72. The van der Waals surface area contributed by atoms with E-state index in [2.05, 4.69) is 55.8 Å². The molecule has 4 heterocycles. The fraction of sp³-hybridized carbons (Fsp3) is 0.404. The van der Waals surface area contributed by atoms with Crippen LogP contribution in [0.1, 0.15) is 49.0 Å². The number of nitrogens with one attached hydrogen (secondary N) is 3. The fourth-order valence-electron chi connectivity index (χ4n) is 9.00. The number of carbonyl (C=O) groups is 1. The van der Waals surface area contributed by atoms with Crippen molar-refractivity contribution < 1.29 is 32.5 Å². The standard InChI is InChI=1S/C47H56ClN8O8PS/c1-47(2)14-12-34(41(27-47)32-4-6-35(48)7-5-32)30-53-16-18-54(19-17-53)36-8-10-40(44(25-36)64-38-24-33-13-15-49-45(33)51-29-38)46(58)52-66(62,63)39-9-11-42(43(26-39)56(59)60)50-28-37(31-57)55-20-22-65(3,61)23-21-55/h4-11,13,15,24-26,29,37,50,57H,12,14,16-23,27-28,30-31H2,1-3H3,(H,49,51)(H,52,58). The molecule has 1 atom stereocenters. The second-order valence-electron chi connectivity index (χ2n) is 18.4. The maximum absolute atomic E-state index is 14.0. The van der Waals surface area contributed by atoms with E-state index in [9.17, 15) is 33.0 Å². The van der Waals surface area contributed by atoms with Gasteiger partial charge in [0, 0.05) is 105 Å². The van der Waals surface area contributed by atoms with Crippen molar-refractivity contribution in [3.05, 3.63) is 117 Å². The highest BCUT2D eigenvalue weighted by atomic mass is 35.5. The topological polar surface area (TPSA) is 203 Å². The number of carbonyl (C=O) groups excluding carboxylic acids is 1. The summed E-state index contributed by atoms with van der Waals surface area (Å²) in [6.45, 7) is 11.2. The number of nitro benzene ring substituents is 1. The molecule has 2 aromatic heterocycles. The SMILES string of the molecule is CC1(C)CCC(CN2CCN(c3ccc(C(=O)NS(=O)(=O)c4ccc(NCC(CO)N5CCP(C)(=O)CC5)c([N+](=O)[O-])c4)c(Oc4cnc5[nH]ccc5c4)c3)CC2)=C(c2ccc(Cl)cc2)C1. The molecule has 8 rings (SSSR count). The highest BCUT2D eigenvalue weighted by Gasteiger charge is 2.32. The lowest BCUT2D eigenvalue weighted by Crippen LogP contribution is -2.47. The number of sulfonamides is 1. The Morgan fingerprint density at radius 3 is 2.48 bits per heavy atom. The maximum atomic E-state index is 14.0. The molecule has 3 aliphatic rings. The lowest BCUT2D eigenvalue weighted by Gasteiger charge is -2.39. The molecule has 1 unspecified atom stereocenters. The van der Waals surface area contributed by atoms with Gasteiger partial charge < -0.3 is 29.6 Å². The van der Waals surface area contributed by atoms with Gasteiger partial charge in [0.05, 0.1) is 35.3 Å². The largest absolute Gasteiger partial charge is 0.455 e. The average Bonchev–Trinajstić information content (AvgIpc) is 3.76. The smallest absolute Gasteiger partial charge is 0.293 e. The van der Waals surface area contributed by atoms with Gasteiger partial charge in [0.2, 0.25) is 0 Å². The molecule has 66 heavy (non-hydrogen) atoms. The van der Waals surface area contributed by atoms with Gasteiger partial charge in [0.1, 0.15) is 22.8 Å². The van der Waals surface area contributed by atoms with Gasteiger partial charge in [-0.2, -0.15) is 0 Å². The van der Waals surface area contributed by atoms with Gasteiger partial charge >= 0.3 is 0 Å². The van der Waals surface area contributed by atoms with Crippen molar-refractivity contribution in [1.82, 2.24) is 24.5 Å². The van der Waals surface area contributed by atoms with Gasteiger partial charge in [0.15, 0.2) is 0 Å². The van der Waals surface area contributed by atoms with E-state index in [1.807, 2.05) is 23.1 Å². The number of pyridine rings is 1. The quantitative estimate of drug-likeness (QED) is 0.0448. The minimum Gasteiger partial charge on any atom is -0.455 e. The molecule has 1 aliphatic carbocycles. The Morgan fingerprint density at radius 2 is 1.77 bits per heavy atom. The molecule has 16 nitrogen and oxygen atoms in total. The number of nitrogens with zero attached hydrogens (tertiary/aromatic N) is 5. The summed E-state index contributed by atoms with van der Waals surface area (Å²) in [5.41, 5.74) is 5.16. The van der Waals surface area contributed by atoms with Crippen molar-refractivity contribution in [1.29, 1.82) is 0 Å². The number of rotatable bonds is 15. The number of benzene rings is 3. The summed E-state index contributed by atoms with van der Waals surface area (Å²) in [5.74, 6) is -0.568. The summed E-state index contributed by atoms with van der Waals surface area (Å²) in [6.07, 6.45) is 7.45. The van der Waals surface area contributed by atoms with E-state index in [1.165, 1.54) is 41.1 Å². The molecule has 0 saturated carbocycles. The number of fused-ring (bicyclic) bond motifs is 1. The first-order chi connectivity index (χ1) is 31.5. The molecule has 0 spiro atoms. The van der Waals surface area contributed by atoms with Crippen LogP contribution in [-0.4, -0.2) is 128 Å². The van der Waals surface area contributed by atoms with Crippen LogP contribution >= 0.6 is 18.7 Å². The van der Waals surface area contributed by atoms with Crippen molar-refractivity contribution in [2.24, 2.45) is 5.41 Å². The molecule has 0 bridgehead atoms. The van der Waals surface area contributed by atoms with Crippen LogP contribution in [0.25, 0.3) is 16.6 Å². The molecule has 2 aliphatic heterocycles. The Labute approximate surface area is 389 Å². The highest BCUT2D eigenvalue weighted by molar-refractivity contribution is 7.90. The summed E-state index contributed by atoms with van der Waals surface area (Å²) in [7, 11) is -6.85. The van der Waals surface area contributed by atoms with Crippen LogP contribution in [0.3, 0.4) is 0 Å². The summed E-state index contributed by atoms with van der Waals surface area (Å²) in [4.78, 5) is 39.2. The van der Waals surface area contributed by atoms with Crippen LogP contribution in [0.2, 0.25) is 5.02 Å². The van der Waals surface area contributed by atoms with E-state index in [0.29, 0.717) is 49.9 Å². The average molecular weight is 960 g/mol. The number of aliphatic hydroxyl groups is 1. The number of anilines is 2. The van der Waals surface area contributed by atoms with E-state index in [-0.39, 0.29) is 35.6 Å². The highest BCUT2D eigenvalue weighted by Crippen LogP contribution is 2.44. The normalized spacial score (nSPS) is 18.5. The molecule has 2 saturated heterocycles. The van der Waals surface area contributed by atoms with Crippen molar-refractivity contribution in [3.8, 4) is 11.5 Å². The zero-order valence-corrected chi connectivity index (χ0v) is 39.8. The van der Waals surface area contributed by atoms with E-state index in [1.54, 1.807) is 31.1 Å². The number of aromatic nitrogens is 2. The minimum atomic E-state index is -4.64. The number of hydrogen-bond donors (Lipinski definition) is 4. The number of halogens is 1. The molecular formula is C47H56ClN8O8PS. The Kier molecular flexibility index (Phi) is 14.0. The van der Waals surface area contributed by atoms with Crippen molar-refractivity contribution >= 4 is 68.3 Å². The van der Waals surface area contributed by atoms with E-state index in [0.717, 1.165) is 61.1 Å². The minimum absolute atomic E-state index is 0.0415. The number of amides is 1. The molecule has 2 fully saturated rings. The van der Waals surface area contributed by atoms with Crippen molar-refractivity contribution in [2.75, 3.05) is 88.2 Å². The number of piperazine rings is 1. The Morgan fingerprint density at radius 1 is 1.03 bits per heavy atom. The third-order valence-corrected chi connectivity index (χ3v) is 16.9. The van der Waals surface area contributed by atoms with Crippen molar-refractivity contribution in [3.63, 3.8) is 0 Å². The van der Waals surface area contributed by atoms with Crippen LogP contribution < -0.4 is 19.7 Å². The van der Waals surface area contributed by atoms with Gasteiger partial charge in [-0.05, 0) is 91.0 Å². The summed E-state index contributed by atoms with van der Waals surface area (Å²) >= 11 is 6.24. The molecule has 350 valence electrons. The van der Waals surface area contributed by atoms with E-state index < -0.39 is 44.6 Å². The molecule has 5 aromatic rings. The molecule has 4 N–H and O–H groups in total. The van der Waals surface area contributed by atoms with Gasteiger partial charge in [-0.15, -0.1) is 0 Å². The summed E-state index contributed by atoms with van der Waals surface area (Å²) < 4.78 is 48.5. The summed E-state index contributed by atoms with van der Waals surface area (Å²) in [5, 5.41) is 26.8. The number of allylic oxidation sites excluding steroid dienone is 1. The number of H-pyrrole nitrogens is 1. The molecule has 1 amide bonds. The first-order valence-electron chi connectivity index (χ1n) is 22.1. The van der Waals surface area contributed by atoms with Gasteiger partial charge in [-0.3, -0.25) is 24.7 Å².